The number of ether oxygens (including phenoxy) is 1. The quantitative estimate of drug-likeness (QED) is 0.506. The van der Waals surface area contributed by atoms with Crippen molar-refractivity contribution in [2.24, 2.45) is 0 Å². The van der Waals surface area contributed by atoms with Crippen LogP contribution in [0.1, 0.15) is 16.8 Å². The van der Waals surface area contributed by atoms with Crippen LogP contribution >= 0.6 is 0 Å². The molecule has 0 saturated heterocycles. The van der Waals surface area contributed by atoms with Crippen LogP contribution in [-0.4, -0.2) is 35.9 Å². The minimum atomic E-state index is -0.367. The van der Waals surface area contributed by atoms with E-state index in [-0.39, 0.29) is 23.0 Å². The molecule has 0 atom stereocenters. The summed E-state index contributed by atoms with van der Waals surface area (Å²) in [5.74, 6) is -0.668. The third-order valence-corrected chi connectivity index (χ3v) is 2.16. The fourth-order valence-corrected chi connectivity index (χ4v) is 1.33. The molecule has 0 spiro atoms. The number of amides is 1. The number of hydrogen-bond acceptors (Lipinski definition) is 4. The Balaban J connectivity index is 2.34. The summed E-state index contributed by atoms with van der Waals surface area (Å²) in [5.41, 5.74) is 0.207. The molecule has 0 unspecified atom stereocenters. The Labute approximate surface area is 106 Å². The van der Waals surface area contributed by atoms with Crippen molar-refractivity contribution in [2.45, 2.75) is 6.42 Å². The van der Waals surface area contributed by atoms with E-state index >= 15 is 0 Å². The third kappa shape index (κ3) is 4.88. The number of nitrogens with one attached hydrogen (secondary N) is 1. The standard InChI is InChI=1S/C13H17NO4/c1-2-3-5-18-6-4-14-13(17)10-7-11(15)9-12(16)8-10/h2,7-9,15-16H,1,3-6H2,(H,14,17). The highest BCUT2D eigenvalue weighted by Crippen LogP contribution is 2.20. The lowest BCUT2D eigenvalue weighted by Crippen LogP contribution is -2.27. The van der Waals surface area contributed by atoms with Crippen LogP contribution in [0, 0.1) is 0 Å². The maximum Gasteiger partial charge on any atom is 0.251 e. The van der Waals surface area contributed by atoms with Crippen molar-refractivity contribution in [1.29, 1.82) is 0 Å². The Morgan fingerprint density at radius 2 is 1.94 bits per heavy atom. The fraction of sp³-hybridized carbons (Fsp3) is 0.308. The van der Waals surface area contributed by atoms with E-state index in [0.717, 1.165) is 12.5 Å². The highest BCUT2D eigenvalue weighted by atomic mass is 16.5. The number of benzene rings is 1. The minimum absolute atomic E-state index is 0.151. The summed E-state index contributed by atoms with van der Waals surface area (Å²) < 4.78 is 5.22. The van der Waals surface area contributed by atoms with Crippen LogP contribution in [0.4, 0.5) is 0 Å². The highest BCUT2D eigenvalue weighted by Gasteiger charge is 2.07. The lowest BCUT2D eigenvalue weighted by atomic mass is 10.2. The molecule has 0 bridgehead atoms. The molecule has 3 N–H and O–H groups in total. The molecule has 0 aromatic heterocycles. The van der Waals surface area contributed by atoms with Crippen LogP contribution in [0.5, 0.6) is 11.5 Å². The summed E-state index contributed by atoms with van der Waals surface area (Å²) >= 11 is 0. The first-order chi connectivity index (χ1) is 8.63. The average molecular weight is 251 g/mol. The number of rotatable bonds is 7. The average Bonchev–Trinajstić information content (AvgIpc) is 2.32. The summed E-state index contributed by atoms with van der Waals surface area (Å²) in [6.45, 7) is 4.92. The van der Waals surface area contributed by atoms with Crippen molar-refractivity contribution in [3.63, 3.8) is 0 Å². The van der Waals surface area contributed by atoms with E-state index in [1.54, 1.807) is 6.08 Å². The monoisotopic (exact) mass is 251 g/mol. The predicted octanol–water partition coefficient (Wildman–Crippen LogP) is 1.42. The maximum absolute atomic E-state index is 11.6. The largest absolute Gasteiger partial charge is 0.508 e. The Hall–Kier alpha value is -2.01. The highest BCUT2D eigenvalue weighted by molar-refractivity contribution is 5.95. The molecule has 1 aromatic rings. The molecule has 98 valence electrons. The molecular formula is C13H17NO4. The van der Waals surface area contributed by atoms with Gasteiger partial charge in [-0.05, 0) is 18.6 Å². The molecule has 18 heavy (non-hydrogen) atoms. The molecule has 1 aromatic carbocycles. The second kappa shape index (κ2) is 7.34. The second-order valence-corrected chi connectivity index (χ2v) is 3.68. The Morgan fingerprint density at radius 3 is 2.56 bits per heavy atom. The number of aromatic hydroxyl groups is 2. The van der Waals surface area contributed by atoms with E-state index in [1.807, 2.05) is 0 Å². The zero-order chi connectivity index (χ0) is 13.4. The van der Waals surface area contributed by atoms with E-state index in [2.05, 4.69) is 11.9 Å². The van der Waals surface area contributed by atoms with E-state index in [0.29, 0.717) is 19.8 Å². The van der Waals surface area contributed by atoms with Gasteiger partial charge in [-0.15, -0.1) is 6.58 Å². The van der Waals surface area contributed by atoms with Crippen molar-refractivity contribution in [3.8, 4) is 11.5 Å². The van der Waals surface area contributed by atoms with Gasteiger partial charge in [0, 0.05) is 18.2 Å². The minimum Gasteiger partial charge on any atom is -0.508 e. The molecule has 1 amide bonds. The molecule has 0 saturated carbocycles. The third-order valence-electron chi connectivity index (χ3n) is 2.16. The molecule has 1 rings (SSSR count). The van der Waals surface area contributed by atoms with E-state index in [9.17, 15) is 15.0 Å². The fourth-order valence-electron chi connectivity index (χ4n) is 1.33. The van der Waals surface area contributed by atoms with E-state index in [4.69, 9.17) is 4.74 Å². The molecule has 0 heterocycles. The first-order valence-corrected chi connectivity index (χ1v) is 5.63. The summed E-state index contributed by atoms with van der Waals surface area (Å²) in [4.78, 5) is 11.6. The topological polar surface area (TPSA) is 78.8 Å². The van der Waals surface area contributed by atoms with Gasteiger partial charge >= 0.3 is 0 Å². The lowest BCUT2D eigenvalue weighted by Gasteiger charge is -2.06. The van der Waals surface area contributed by atoms with Gasteiger partial charge < -0.3 is 20.3 Å². The van der Waals surface area contributed by atoms with Gasteiger partial charge in [0.25, 0.3) is 5.91 Å². The number of phenolic OH excluding ortho intramolecular Hbond substituents is 2. The van der Waals surface area contributed by atoms with Crippen molar-refractivity contribution in [1.82, 2.24) is 5.32 Å². The Kier molecular flexibility index (Phi) is 5.73. The van der Waals surface area contributed by atoms with E-state index in [1.165, 1.54) is 12.1 Å². The normalized spacial score (nSPS) is 10.0. The molecule has 0 aliphatic carbocycles. The number of carbonyl (C=O) groups is 1. The number of carbonyl (C=O) groups excluding carboxylic acids is 1. The van der Waals surface area contributed by atoms with Crippen LogP contribution in [0.2, 0.25) is 0 Å². The first kappa shape index (κ1) is 14.1. The molecular weight excluding hydrogens is 234 g/mol. The first-order valence-electron chi connectivity index (χ1n) is 5.63. The lowest BCUT2D eigenvalue weighted by molar-refractivity contribution is 0.0917. The molecule has 0 fully saturated rings. The zero-order valence-electron chi connectivity index (χ0n) is 10.1. The van der Waals surface area contributed by atoms with Crippen LogP contribution < -0.4 is 5.32 Å². The van der Waals surface area contributed by atoms with Crippen molar-refractivity contribution in [3.05, 3.63) is 36.4 Å². The smallest absolute Gasteiger partial charge is 0.251 e. The zero-order valence-corrected chi connectivity index (χ0v) is 10.1. The summed E-state index contributed by atoms with van der Waals surface area (Å²) in [7, 11) is 0. The molecule has 5 nitrogen and oxygen atoms in total. The summed E-state index contributed by atoms with van der Waals surface area (Å²) in [6.07, 6.45) is 2.53. The summed E-state index contributed by atoms with van der Waals surface area (Å²) in [5, 5.41) is 21.1. The SMILES string of the molecule is C=CCCOCCNC(=O)c1cc(O)cc(O)c1. The van der Waals surface area contributed by atoms with Crippen LogP contribution in [0.15, 0.2) is 30.9 Å². The molecule has 5 heteroatoms. The van der Waals surface area contributed by atoms with Crippen LogP contribution in [-0.2, 0) is 4.74 Å². The van der Waals surface area contributed by atoms with Gasteiger partial charge in [0.1, 0.15) is 11.5 Å². The van der Waals surface area contributed by atoms with Gasteiger partial charge in [0.15, 0.2) is 0 Å². The van der Waals surface area contributed by atoms with Gasteiger partial charge in [0.2, 0.25) is 0 Å². The van der Waals surface area contributed by atoms with Crippen LogP contribution in [0.3, 0.4) is 0 Å². The number of phenols is 2. The van der Waals surface area contributed by atoms with Gasteiger partial charge in [-0.3, -0.25) is 4.79 Å². The maximum atomic E-state index is 11.6. The Bertz CT molecular complexity index is 397. The molecule has 0 aliphatic rings. The predicted molar refractivity (Wildman–Crippen MR) is 67.7 cm³/mol. The van der Waals surface area contributed by atoms with Gasteiger partial charge in [-0.2, -0.15) is 0 Å². The second-order valence-electron chi connectivity index (χ2n) is 3.68. The van der Waals surface area contributed by atoms with Crippen molar-refractivity contribution in [2.75, 3.05) is 19.8 Å². The van der Waals surface area contributed by atoms with Gasteiger partial charge in [-0.25, -0.2) is 0 Å². The molecule has 0 radical (unpaired) electrons. The Morgan fingerprint density at radius 1 is 1.28 bits per heavy atom. The summed E-state index contributed by atoms with van der Waals surface area (Å²) in [6, 6.07) is 3.73. The van der Waals surface area contributed by atoms with Crippen molar-refractivity contribution >= 4 is 5.91 Å². The van der Waals surface area contributed by atoms with Crippen molar-refractivity contribution < 1.29 is 19.7 Å². The van der Waals surface area contributed by atoms with E-state index < -0.39 is 0 Å². The molecule has 0 aliphatic heterocycles. The van der Waals surface area contributed by atoms with Crippen LogP contribution in [0.25, 0.3) is 0 Å². The van der Waals surface area contributed by atoms with Gasteiger partial charge in [0.05, 0.1) is 13.2 Å². The van der Waals surface area contributed by atoms with Gasteiger partial charge in [-0.1, -0.05) is 6.08 Å². The number of hydrogen-bond donors (Lipinski definition) is 3.